The van der Waals surface area contributed by atoms with Crippen molar-refractivity contribution in [3.05, 3.63) is 0 Å². The van der Waals surface area contributed by atoms with Gasteiger partial charge in [-0.15, -0.1) is 11.6 Å². The Bertz CT molecular complexity index is 780. The molecule has 3 saturated carbocycles. The second kappa shape index (κ2) is 10.9. The first-order chi connectivity index (χ1) is 17.5. The summed E-state index contributed by atoms with van der Waals surface area (Å²) >= 11 is 7.09. The second-order valence-electron chi connectivity index (χ2n) is 12.4. The van der Waals surface area contributed by atoms with Crippen LogP contribution in [0.2, 0.25) is 0 Å². The molecule has 3 aliphatic carbocycles. The molecule has 9 heteroatoms. The summed E-state index contributed by atoms with van der Waals surface area (Å²) in [5.41, 5.74) is 0. The molecule has 6 aliphatic rings. The lowest BCUT2D eigenvalue weighted by Crippen LogP contribution is -2.71. The van der Waals surface area contributed by atoms with Crippen LogP contribution >= 0.6 is 11.6 Å². The standard InChI is InChI=1S/C27H44ClFN4O3/c28-22-13-21-25(24(29)23(22)20-12-18(34)11-16-3-1-2-4-19(16)20)30-15-31-26(21)32-6-8-33(9-7-32)27(35)17-5-10-36-14-17/h16-26,30-31,34H,1-15H2. The predicted octanol–water partition coefficient (Wildman–Crippen LogP) is 2.17. The quantitative estimate of drug-likeness (QED) is 0.489. The average Bonchev–Trinajstić information content (AvgIpc) is 3.43. The van der Waals surface area contributed by atoms with Crippen LogP contribution in [0.15, 0.2) is 0 Å². The number of rotatable bonds is 3. The van der Waals surface area contributed by atoms with Gasteiger partial charge < -0.3 is 14.7 Å². The number of aliphatic hydroxyl groups is 1. The van der Waals surface area contributed by atoms with E-state index in [2.05, 4.69) is 15.5 Å². The SMILES string of the molecule is O=C(C1CCOC1)N1CCN(C2NCNC3C(F)C(C4CC(O)CC5CCCCC54)C(Cl)CC32)CC1. The van der Waals surface area contributed by atoms with Gasteiger partial charge in [-0.05, 0) is 49.9 Å². The number of aliphatic hydroxyl groups excluding tert-OH is 1. The minimum atomic E-state index is -1.00. The number of fused-ring (bicyclic) bond motifs is 2. The Kier molecular flexibility index (Phi) is 7.82. The first kappa shape index (κ1) is 25.8. The van der Waals surface area contributed by atoms with Gasteiger partial charge in [-0.25, -0.2) is 4.39 Å². The highest BCUT2D eigenvalue weighted by atomic mass is 35.5. The van der Waals surface area contributed by atoms with Crippen LogP contribution in [0.4, 0.5) is 4.39 Å². The topological polar surface area (TPSA) is 77.1 Å². The smallest absolute Gasteiger partial charge is 0.228 e. The van der Waals surface area contributed by atoms with Crippen molar-refractivity contribution in [3.8, 4) is 0 Å². The van der Waals surface area contributed by atoms with Crippen LogP contribution in [-0.4, -0.2) is 96.7 Å². The summed E-state index contributed by atoms with van der Waals surface area (Å²) in [6.07, 6.45) is 6.76. The summed E-state index contributed by atoms with van der Waals surface area (Å²) < 4.78 is 21.9. The zero-order valence-corrected chi connectivity index (χ0v) is 22.1. The van der Waals surface area contributed by atoms with Gasteiger partial charge in [0.2, 0.25) is 5.91 Å². The number of alkyl halides is 2. The third-order valence-electron chi connectivity index (χ3n) is 10.6. The van der Waals surface area contributed by atoms with E-state index in [0.717, 1.165) is 38.8 Å². The molecule has 0 spiro atoms. The Hall–Kier alpha value is -0.510. The molecule has 1 amide bonds. The normalized spacial score (nSPS) is 48.3. The molecule has 7 nitrogen and oxygen atoms in total. The van der Waals surface area contributed by atoms with Crippen molar-refractivity contribution in [2.75, 3.05) is 46.1 Å². The number of carbonyl (C=O) groups is 1. The molecule has 0 bridgehead atoms. The highest BCUT2D eigenvalue weighted by Gasteiger charge is 2.55. The molecule has 6 rings (SSSR count). The number of halogens is 2. The van der Waals surface area contributed by atoms with Gasteiger partial charge in [0.05, 0.1) is 24.8 Å². The number of amides is 1. The van der Waals surface area contributed by atoms with Crippen LogP contribution in [0.1, 0.15) is 51.4 Å². The summed E-state index contributed by atoms with van der Waals surface area (Å²) in [6, 6.07) is -0.215. The highest BCUT2D eigenvalue weighted by Crippen LogP contribution is 2.52. The van der Waals surface area contributed by atoms with Gasteiger partial charge in [0.15, 0.2) is 0 Å². The lowest BCUT2D eigenvalue weighted by molar-refractivity contribution is -0.138. The molecule has 0 aromatic carbocycles. The van der Waals surface area contributed by atoms with E-state index in [1.54, 1.807) is 0 Å². The number of carbonyl (C=O) groups excluding carboxylic acids is 1. The first-order valence-electron chi connectivity index (χ1n) is 14.5. The van der Waals surface area contributed by atoms with Crippen molar-refractivity contribution in [3.63, 3.8) is 0 Å². The van der Waals surface area contributed by atoms with Crippen molar-refractivity contribution in [1.82, 2.24) is 20.4 Å². The van der Waals surface area contributed by atoms with Crippen molar-refractivity contribution in [2.24, 2.45) is 35.5 Å². The number of nitrogens with one attached hydrogen (secondary N) is 2. The Morgan fingerprint density at radius 1 is 0.972 bits per heavy atom. The minimum absolute atomic E-state index is 0.0135. The fourth-order valence-corrected chi connectivity index (χ4v) is 9.37. The lowest BCUT2D eigenvalue weighted by Gasteiger charge is -2.55. The molecule has 0 aromatic heterocycles. The van der Waals surface area contributed by atoms with E-state index in [1.165, 1.54) is 19.3 Å². The maximum Gasteiger partial charge on any atom is 0.228 e. The van der Waals surface area contributed by atoms with Gasteiger partial charge in [0.1, 0.15) is 6.17 Å². The zero-order chi connectivity index (χ0) is 24.8. The minimum Gasteiger partial charge on any atom is -0.393 e. The van der Waals surface area contributed by atoms with Crippen LogP contribution in [0.3, 0.4) is 0 Å². The Morgan fingerprint density at radius 2 is 1.78 bits per heavy atom. The van der Waals surface area contributed by atoms with Crippen LogP contribution in [-0.2, 0) is 9.53 Å². The van der Waals surface area contributed by atoms with Crippen molar-refractivity contribution in [2.45, 2.75) is 81.2 Å². The first-order valence-corrected chi connectivity index (χ1v) is 15.0. The summed E-state index contributed by atoms with van der Waals surface area (Å²) in [5.74, 6) is 1.36. The molecule has 36 heavy (non-hydrogen) atoms. The predicted molar refractivity (Wildman–Crippen MR) is 136 cm³/mol. The number of nitrogens with zero attached hydrogens (tertiary/aromatic N) is 2. The van der Waals surface area contributed by atoms with Gasteiger partial charge in [-0.1, -0.05) is 19.3 Å². The molecule has 204 valence electrons. The van der Waals surface area contributed by atoms with Crippen LogP contribution < -0.4 is 10.6 Å². The Morgan fingerprint density at radius 3 is 2.56 bits per heavy atom. The Balaban J connectivity index is 1.12. The number of piperazine rings is 1. The monoisotopic (exact) mass is 526 g/mol. The second-order valence-corrected chi connectivity index (χ2v) is 13.0. The highest BCUT2D eigenvalue weighted by molar-refractivity contribution is 6.21. The molecule has 0 radical (unpaired) electrons. The molecule has 3 heterocycles. The molecule has 11 unspecified atom stereocenters. The summed E-state index contributed by atoms with van der Waals surface area (Å²) in [5, 5.41) is 17.5. The van der Waals surface area contributed by atoms with E-state index in [0.29, 0.717) is 51.2 Å². The van der Waals surface area contributed by atoms with E-state index in [1.807, 2.05) is 4.90 Å². The third kappa shape index (κ3) is 4.84. The van der Waals surface area contributed by atoms with E-state index in [-0.39, 0.29) is 53.3 Å². The summed E-state index contributed by atoms with van der Waals surface area (Å²) in [6.45, 7) is 4.85. The molecular weight excluding hydrogens is 483 g/mol. The largest absolute Gasteiger partial charge is 0.393 e. The van der Waals surface area contributed by atoms with E-state index in [4.69, 9.17) is 16.3 Å². The van der Waals surface area contributed by atoms with Gasteiger partial charge in [0.25, 0.3) is 0 Å². The van der Waals surface area contributed by atoms with Gasteiger partial charge in [-0.3, -0.25) is 20.3 Å². The lowest BCUT2D eigenvalue weighted by atomic mass is 9.57. The van der Waals surface area contributed by atoms with Crippen molar-refractivity contribution < 1.29 is 19.0 Å². The van der Waals surface area contributed by atoms with Gasteiger partial charge in [0, 0.05) is 62.7 Å². The summed E-state index contributed by atoms with van der Waals surface area (Å²) in [7, 11) is 0. The maximum atomic E-state index is 16.4. The van der Waals surface area contributed by atoms with E-state index >= 15 is 4.39 Å². The van der Waals surface area contributed by atoms with Gasteiger partial charge >= 0.3 is 0 Å². The zero-order valence-electron chi connectivity index (χ0n) is 21.4. The molecular formula is C27H44ClFN4O3. The molecule has 6 fully saturated rings. The Labute approximate surface area is 219 Å². The van der Waals surface area contributed by atoms with E-state index < -0.39 is 6.17 Å². The average molecular weight is 527 g/mol. The molecule has 3 saturated heterocycles. The molecule has 11 atom stereocenters. The fraction of sp³-hybridized carbons (Fsp3) is 0.963. The maximum absolute atomic E-state index is 16.4. The van der Waals surface area contributed by atoms with E-state index in [9.17, 15) is 9.90 Å². The van der Waals surface area contributed by atoms with Gasteiger partial charge in [-0.2, -0.15) is 0 Å². The number of hydrogen-bond acceptors (Lipinski definition) is 6. The third-order valence-corrected chi connectivity index (χ3v) is 11.0. The fourth-order valence-electron chi connectivity index (χ4n) is 8.84. The van der Waals surface area contributed by atoms with Crippen LogP contribution in [0, 0.1) is 35.5 Å². The van der Waals surface area contributed by atoms with Crippen molar-refractivity contribution >= 4 is 17.5 Å². The summed E-state index contributed by atoms with van der Waals surface area (Å²) in [4.78, 5) is 17.2. The molecule has 3 aliphatic heterocycles. The van der Waals surface area contributed by atoms with Crippen LogP contribution in [0.5, 0.6) is 0 Å². The van der Waals surface area contributed by atoms with Crippen LogP contribution in [0.25, 0.3) is 0 Å². The molecule has 3 N–H and O–H groups in total. The number of ether oxygens (including phenoxy) is 1. The number of hydrogen-bond donors (Lipinski definition) is 3. The van der Waals surface area contributed by atoms with Crippen molar-refractivity contribution in [1.29, 1.82) is 0 Å². The molecule has 0 aromatic rings.